The predicted molar refractivity (Wildman–Crippen MR) is 59.6 cm³/mol. The van der Waals surface area contributed by atoms with E-state index in [1.165, 1.54) is 11.1 Å². The van der Waals surface area contributed by atoms with Gasteiger partial charge in [0.05, 0.1) is 6.61 Å². The fraction of sp³-hybridized carbons (Fsp3) is 0.455. The van der Waals surface area contributed by atoms with Crippen LogP contribution in [0.5, 0.6) is 0 Å². The van der Waals surface area contributed by atoms with Gasteiger partial charge < -0.3 is 4.74 Å². The summed E-state index contributed by atoms with van der Waals surface area (Å²) in [6.45, 7) is 2.91. The van der Waals surface area contributed by atoms with Crippen LogP contribution in [-0.4, -0.2) is 19.0 Å². The number of hydrogen-bond donors (Lipinski definition) is 0. The van der Waals surface area contributed by atoms with E-state index in [1.54, 1.807) is 7.11 Å². The van der Waals surface area contributed by atoms with E-state index in [0.717, 1.165) is 11.9 Å². The van der Waals surface area contributed by atoms with Gasteiger partial charge in [0.25, 0.3) is 0 Å². The summed E-state index contributed by atoms with van der Waals surface area (Å²) in [7, 11) is 1.74. The van der Waals surface area contributed by atoms with E-state index in [2.05, 4.69) is 47.1 Å². The molecule has 2 heteroatoms. The highest BCUT2D eigenvalue weighted by molar-refractivity contribution is 9.09. The van der Waals surface area contributed by atoms with Crippen LogP contribution in [0.2, 0.25) is 0 Å². The normalized spacial score (nSPS) is 12.8. The SMILES string of the molecule is COCC(CBr)c1ccccc1C. The van der Waals surface area contributed by atoms with E-state index in [9.17, 15) is 0 Å². The molecule has 0 aromatic heterocycles. The van der Waals surface area contributed by atoms with Crippen molar-refractivity contribution in [3.63, 3.8) is 0 Å². The molecule has 72 valence electrons. The quantitative estimate of drug-likeness (QED) is 0.738. The Kier molecular flexibility index (Phi) is 4.46. The smallest absolute Gasteiger partial charge is 0.0539 e. The van der Waals surface area contributed by atoms with Gasteiger partial charge in [-0.3, -0.25) is 0 Å². The van der Waals surface area contributed by atoms with Crippen LogP contribution in [0.3, 0.4) is 0 Å². The Morgan fingerprint density at radius 2 is 2.08 bits per heavy atom. The Hall–Kier alpha value is -0.340. The Labute approximate surface area is 88.2 Å². The molecule has 1 unspecified atom stereocenters. The lowest BCUT2D eigenvalue weighted by atomic mass is 9.97. The Morgan fingerprint density at radius 3 is 2.62 bits per heavy atom. The second-order valence-corrected chi connectivity index (χ2v) is 3.81. The van der Waals surface area contributed by atoms with Crippen LogP contribution in [0.15, 0.2) is 24.3 Å². The van der Waals surface area contributed by atoms with Crippen LogP contribution < -0.4 is 0 Å². The van der Waals surface area contributed by atoms with Crippen molar-refractivity contribution >= 4 is 15.9 Å². The van der Waals surface area contributed by atoms with Crippen LogP contribution in [0.1, 0.15) is 17.0 Å². The Balaban J connectivity index is 2.84. The molecule has 1 nitrogen and oxygen atoms in total. The highest BCUT2D eigenvalue weighted by atomic mass is 79.9. The molecule has 0 bridgehead atoms. The average molecular weight is 243 g/mol. The highest BCUT2D eigenvalue weighted by Gasteiger charge is 2.11. The van der Waals surface area contributed by atoms with Crippen molar-refractivity contribution < 1.29 is 4.74 Å². The summed E-state index contributed by atoms with van der Waals surface area (Å²) in [5, 5.41) is 0.950. The monoisotopic (exact) mass is 242 g/mol. The summed E-state index contributed by atoms with van der Waals surface area (Å²) < 4.78 is 5.17. The largest absolute Gasteiger partial charge is 0.384 e. The number of halogens is 1. The average Bonchev–Trinajstić information content (AvgIpc) is 2.16. The first-order chi connectivity index (χ1) is 6.29. The lowest BCUT2D eigenvalue weighted by Gasteiger charge is -2.15. The van der Waals surface area contributed by atoms with Crippen LogP contribution in [0, 0.1) is 6.92 Å². The van der Waals surface area contributed by atoms with Crippen LogP contribution in [0.25, 0.3) is 0 Å². The third-order valence-electron chi connectivity index (χ3n) is 2.18. The minimum absolute atomic E-state index is 0.464. The zero-order chi connectivity index (χ0) is 9.68. The Bertz CT molecular complexity index is 260. The zero-order valence-electron chi connectivity index (χ0n) is 8.09. The first kappa shape index (κ1) is 10.7. The highest BCUT2D eigenvalue weighted by Crippen LogP contribution is 2.21. The summed E-state index contributed by atoms with van der Waals surface area (Å²) in [5.41, 5.74) is 2.71. The number of alkyl halides is 1. The third kappa shape index (κ3) is 2.82. The molecule has 0 saturated carbocycles. The lowest BCUT2D eigenvalue weighted by molar-refractivity contribution is 0.185. The number of benzene rings is 1. The van der Waals surface area contributed by atoms with E-state index in [4.69, 9.17) is 4.74 Å². The number of methoxy groups -OCH3 is 1. The molecule has 0 aliphatic heterocycles. The van der Waals surface area contributed by atoms with Crippen molar-refractivity contribution in [1.29, 1.82) is 0 Å². The maximum atomic E-state index is 5.17. The van der Waals surface area contributed by atoms with Gasteiger partial charge >= 0.3 is 0 Å². The van der Waals surface area contributed by atoms with Crippen LogP contribution in [-0.2, 0) is 4.74 Å². The van der Waals surface area contributed by atoms with E-state index in [1.807, 2.05) is 0 Å². The van der Waals surface area contributed by atoms with E-state index in [-0.39, 0.29) is 0 Å². The molecule has 0 amide bonds. The topological polar surface area (TPSA) is 9.23 Å². The van der Waals surface area contributed by atoms with Gasteiger partial charge in [-0.1, -0.05) is 40.2 Å². The van der Waals surface area contributed by atoms with Gasteiger partial charge in [-0.2, -0.15) is 0 Å². The van der Waals surface area contributed by atoms with E-state index < -0.39 is 0 Å². The molecule has 1 aromatic carbocycles. The standard InChI is InChI=1S/C11H15BrO/c1-9-5-3-4-6-11(9)10(7-12)8-13-2/h3-6,10H,7-8H2,1-2H3. The second kappa shape index (κ2) is 5.40. The molecular formula is C11H15BrO. The second-order valence-electron chi connectivity index (χ2n) is 3.16. The fourth-order valence-corrected chi connectivity index (χ4v) is 2.00. The minimum Gasteiger partial charge on any atom is -0.384 e. The molecule has 0 spiro atoms. The van der Waals surface area contributed by atoms with E-state index in [0.29, 0.717) is 5.92 Å². The van der Waals surface area contributed by atoms with Crippen LogP contribution in [0.4, 0.5) is 0 Å². The molecule has 0 aliphatic rings. The molecule has 0 saturated heterocycles. The van der Waals surface area contributed by atoms with Gasteiger partial charge in [-0.25, -0.2) is 0 Å². The maximum Gasteiger partial charge on any atom is 0.0539 e. The number of aryl methyl sites for hydroxylation is 1. The Morgan fingerprint density at radius 1 is 1.38 bits per heavy atom. The minimum atomic E-state index is 0.464. The fourth-order valence-electron chi connectivity index (χ4n) is 1.46. The van der Waals surface area contributed by atoms with Crippen LogP contribution >= 0.6 is 15.9 Å². The lowest BCUT2D eigenvalue weighted by Crippen LogP contribution is -2.08. The molecule has 0 radical (unpaired) electrons. The molecule has 0 heterocycles. The first-order valence-corrected chi connectivity index (χ1v) is 5.52. The number of rotatable bonds is 4. The van der Waals surface area contributed by atoms with E-state index >= 15 is 0 Å². The number of ether oxygens (including phenoxy) is 1. The number of hydrogen-bond acceptors (Lipinski definition) is 1. The summed E-state index contributed by atoms with van der Waals surface area (Å²) in [6.07, 6.45) is 0. The summed E-state index contributed by atoms with van der Waals surface area (Å²) in [4.78, 5) is 0. The molecule has 0 N–H and O–H groups in total. The molecule has 0 aliphatic carbocycles. The van der Waals surface area contributed by atoms with Crippen molar-refractivity contribution in [2.24, 2.45) is 0 Å². The third-order valence-corrected chi connectivity index (χ3v) is 2.96. The van der Waals surface area contributed by atoms with Crippen molar-refractivity contribution in [3.8, 4) is 0 Å². The van der Waals surface area contributed by atoms with Gasteiger partial charge in [0.2, 0.25) is 0 Å². The summed E-state index contributed by atoms with van der Waals surface area (Å²) >= 11 is 3.51. The van der Waals surface area contributed by atoms with Gasteiger partial charge in [0, 0.05) is 18.4 Å². The van der Waals surface area contributed by atoms with Gasteiger partial charge in [-0.05, 0) is 18.1 Å². The van der Waals surface area contributed by atoms with Gasteiger partial charge in [-0.15, -0.1) is 0 Å². The zero-order valence-corrected chi connectivity index (χ0v) is 9.67. The van der Waals surface area contributed by atoms with Gasteiger partial charge in [0.15, 0.2) is 0 Å². The first-order valence-electron chi connectivity index (χ1n) is 4.40. The maximum absolute atomic E-state index is 5.17. The molecule has 1 rings (SSSR count). The van der Waals surface area contributed by atoms with Crippen molar-refractivity contribution in [3.05, 3.63) is 35.4 Å². The predicted octanol–water partition coefficient (Wildman–Crippen LogP) is 3.12. The summed E-state index contributed by atoms with van der Waals surface area (Å²) in [5.74, 6) is 0.464. The van der Waals surface area contributed by atoms with Crippen molar-refractivity contribution in [2.45, 2.75) is 12.8 Å². The molecule has 13 heavy (non-hydrogen) atoms. The molecular weight excluding hydrogens is 228 g/mol. The van der Waals surface area contributed by atoms with Crippen molar-refractivity contribution in [1.82, 2.24) is 0 Å². The van der Waals surface area contributed by atoms with Crippen molar-refractivity contribution in [2.75, 3.05) is 19.0 Å². The van der Waals surface area contributed by atoms with Gasteiger partial charge in [0.1, 0.15) is 0 Å². The molecule has 1 aromatic rings. The molecule has 0 fully saturated rings. The summed E-state index contributed by atoms with van der Waals surface area (Å²) in [6, 6.07) is 8.45. The molecule has 1 atom stereocenters.